The number of hydrogen-bond acceptors (Lipinski definition) is 4. The van der Waals surface area contributed by atoms with E-state index in [9.17, 15) is 8.42 Å². The lowest BCUT2D eigenvalue weighted by Crippen LogP contribution is -2.07. The summed E-state index contributed by atoms with van der Waals surface area (Å²) >= 11 is 18.0. The van der Waals surface area contributed by atoms with Gasteiger partial charge in [0.2, 0.25) is 9.84 Å². The number of aromatic nitrogens is 2. The molecule has 2 aromatic carbocycles. The zero-order valence-corrected chi connectivity index (χ0v) is 16.0. The Bertz CT molecular complexity index is 1050. The highest BCUT2D eigenvalue weighted by atomic mass is 35.5. The maximum Gasteiger partial charge on any atom is 0.210 e. The largest absolute Gasteiger partial charge is 0.240 e. The molecule has 0 aliphatic heterocycles. The molecule has 128 valence electrons. The van der Waals surface area contributed by atoms with Gasteiger partial charge in [-0.15, -0.1) is 0 Å². The number of benzene rings is 2. The highest BCUT2D eigenvalue weighted by Gasteiger charge is 2.25. The fourth-order valence-corrected chi connectivity index (χ4v) is 4.24. The quantitative estimate of drug-likeness (QED) is 0.589. The lowest BCUT2D eigenvalue weighted by Gasteiger charge is -2.12. The molecular weight excluding hydrogens is 403 g/mol. The SMILES string of the molecule is Cc1ncc(S(=O)(=O)c2ccc(Cl)cc2)c(-c2ccc(Cl)cc2Cl)n1. The summed E-state index contributed by atoms with van der Waals surface area (Å²) in [4.78, 5) is 8.39. The molecule has 0 N–H and O–H groups in total. The summed E-state index contributed by atoms with van der Waals surface area (Å²) in [5.41, 5.74) is 0.688. The summed E-state index contributed by atoms with van der Waals surface area (Å²) in [6.45, 7) is 1.67. The number of aryl methyl sites for hydroxylation is 1. The van der Waals surface area contributed by atoms with Gasteiger partial charge < -0.3 is 0 Å². The van der Waals surface area contributed by atoms with Crippen LogP contribution in [0.4, 0.5) is 0 Å². The predicted octanol–water partition coefficient (Wildman–Crippen LogP) is 5.25. The first-order chi connectivity index (χ1) is 11.8. The minimum atomic E-state index is -3.85. The normalized spacial score (nSPS) is 11.5. The Morgan fingerprint density at radius 2 is 1.56 bits per heavy atom. The van der Waals surface area contributed by atoms with Crippen LogP contribution < -0.4 is 0 Å². The maximum atomic E-state index is 13.0. The van der Waals surface area contributed by atoms with Crippen molar-refractivity contribution in [2.45, 2.75) is 16.7 Å². The van der Waals surface area contributed by atoms with Gasteiger partial charge >= 0.3 is 0 Å². The Kier molecular flexibility index (Phi) is 5.02. The Hall–Kier alpha value is -1.66. The zero-order chi connectivity index (χ0) is 18.2. The molecule has 8 heteroatoms. The van der Waals surface area contributed by atoms with Gasteiger partial charge in [-0.1, -0.05) is 34.8 Å². The van der Waals surface area contributed by atoms with Crippen molar-refractivity contribution in [2.24, 2.45) is 0 Å². The van der Waals surface area contributed by atoms with Crippen LogP contribution in [0, 0.1) is 6.92 Å². The molecule has 0 unspecified atom stereocenters. The molecule has 3 rings (SSSR count). The van der Waals surface area contributed by atoms with Crippen LogP contribution in [0.5, 0.6) is 0 Å². The van der Waals surface area contributed by atoms with E-state index in [4.69, 9.17) is 34.8 Å². The second-order valence-corrected chi connectivity index (χ2v) is 8.41. The molecule has 0 fully saturated rings. The smallest absolute Gasteiger partial charge is 0.210 e. The van der Waals surface area contributed by atoms with Gasteiger partial charge in [-0.05, 0) is 49.4 Å². The van der Waals surface area contributed by atoms with Gasteiger partial charge in [-0.25, -0.2) is 18.4 Å². The first kappa shape index (κ1) is 18.1. The van der Waals surface area contributed by atoms with Crippen molar-refractivity contribution in [2.75, 3.05) is 0 Å². The minimum absolute atomic E-state index is 0.0374. The van der Waals surface area contributed by atoms with Crippen LogP contribution in [0.2, 0.25) is 15.1 Å². The van der Waals surface area contributed by atoms with Crippen LogP contribution >= 0.6 is 34.8 Å². The molecule has 0 amide bonds. The van der Waals surface area contributed by atoms with Crippen molar-refractivity contribution < 1.29 is 8.42 Å². The Labute approximate surface area is 160 Å². The van der Waals surface area contributed by atoms with Crippen LogP contribution in [-0.2, 0) is 9.84 Å². The number of sulfone groups is 1. The van der Waals surface area contributed by atoms with Crippen LogP contribution in [0.1, 0.15) is 5.82 Å². The van der Waals surface area contributed by atoms with Gasteiger partial charge in [-0.2, -0.15) is 0 Å². The summed E-state index contributed by atoms with van der Waals surface area (Å²) in [6.07, 6.45) is 1.28. The number of rotatable bonds is 3. The molecule has 0 radical (unpaired) electrons. The Morgan fingerprint density at radius 1 is 0.920 bits per heavy atom. The minimum Gasteiger partial charge on any atom is -0.240 e. The molecule has 4 nitrogen and oxygen atoms in total. The monoisotopic (exact) mass is 412 g/mol. The molecule has 1 aromatic heterocycles. The van der Waals surface area contributed by atoms with E-state index in [1.165, 1.54) is 36.5 Å². The van der Waals surface area contributed by atoms with E-state index < -0.39 is 9.84 Å². The predicted molar refractivity (Wildman–Crippen MR) is 99.1 cm³/mol. The molecule has 0 aliphatic rings. The van der Waals surface area contributed by atoms with Crippen LogP contribution in [0.15, 0.2) is 58.5 Å². The molecule has 0 bridgehead atoms. The first-order valence-corrected chi connectivity index (χ1v) is 9.70. The van der Waals surface area contributed by atoms with Crippen molar-refractivity contribution >= 4 is 44.6 Å². The van der Waals surface area contributed by atoms with Crippen molar-refractivity contribution in [3.63, 3.8) is 0 Å². The lowest BCUT2D eigenvalue weighted by molar-refractivity contribution is 0.595. The molecule has 25 heavy (non-hydrogen) atoms. The molecular formula is C17H11Cl3N2O2S. The van der Waals surface area contributed by atoms with Gasteiger partial charge in [-0.3, -0.25) is 0 Å². The topological polar surface area (TPSA) is 59.9 Å². The van der Waals surface area contributed by atoms with Crippen molar-refractivity contribution in [3.05, 3.63) is 69.6 Å². The number of nitrogens with zero attached hydrogens (tertiary/aromatic N) is 2. The van der Waals surface area contributed by atoms with E-state index in [1.54, 1.807) is 19.1 Å². The Morgan fingerprint density at radius 3 is 2.20 bits per heavy atom. The van der Waals surface area contributed by atoms with E-state index >= 15 is 0 Å². The molecule has 1 heterocycles. The van der Waals surface area contributed by atoms with Crippen molar-refractivity contribution in [1.82, 2.24) is 9.97 Å². The first-order valence-electron chi connectivity index (χ1n) is 7.09. The third-order valence-corrected chi connectivity index (χ3v) is 6.05. The van der Waals surface area contributed by atoms with Gasteiger partial charge in [0, 0.05) is 15.6 Å². The van der Waals surface area contributed by atoms with Gasteiger partial charge in [0.25, 0.3) is 0 Å². The molecule has 0 saturated carbocycles. The maximum absolute atomic E-state index is 13.0. The number of halogens is 3. The fraction of sp³-hybridized carbons (Fsp3) is 0.0588. The third kappa shape index (κ3) is 3.65. The van der Waals surface area contributed by atoms with Crippen molar-refractivity contribution in [1.29, 1.82) is 0 Å². The molecule has 0 spiro atoms. The van der Waals surface area contributed by atoms with E-state index in [-0.39, 0.29) is 15.5 Å². The highest BCUT2D eigenvalue weighted by Crippen LogP contribution is 2.35. The zero-order valence-electron chi connectivity index (χ0n) is 12.9. The highest BCUT2D eigenvalue weighted by molar-refractivity contribution is 7.91. The summed E-state index contributed by atoms with van der Waals surface area (Å²) in [7, 11) is -3.85. The summed E-state index contributed by atoms with van der Waals surface area (Å²) in [5.74, 6) is 0.427. The standard InChI is InChI=1S/C17H11Cl3N2O2S/c1-10-21-9-16(25(23,24)13-5-2-11(18)3-6-13)17(22-10)14-7-4-12(19)8-15(14)20/h2-9H,1H3. The van der Waals surface area contributed by atoms with Gasteiger partial charge in [0.05, 0.1) is 21.8 Å². The van der Waals surface area contributed by atoms with E-state index in [1.807, 2.05) is 0 Å². The average Bonchev–Trinajstić information content (AvgIpc) is 2.55. The molecule has 0 saturated heterocycles. The van der Waals surface area contributed by atoms with Crippen LogP contribution in [0.25, 0.3) is 11.3 Å². The third-order valence-electron chi connectivity index (χ3n) is 3.48. The van der Waals surface area contributed by atoms with Crippen LogP contribution in [0.3, 0.4) is 0 Å². The summed E-state index contributed by atoms with van der Waals surface area (Å²) < 4.78 is 26.1. The van der Waals surface area contributed by atoms with E-state index in [0.29, 0.717) is 26.5 Å². The van der Waals surface area contributed by atoms with E-state index in [2.05, 4.69) is 9.97 Å². The number of hydrogen-bond donors (Lipinski definition) is 0. The molecule has 0 aliphatic carbocycles. The van der Waals surface area contributed by atoms with E-state index in [0.717, 1.165) is 0 Å². The Balaban J connectivity index is 2.25. The fourth-order valence-electron chi connectivity index (χ4n) is 2.27. The molecule has 3 aromatic rings. The lowest BCUT2D eigenvalue weighted by atomic mass is 10.1. The summed E-state index contributed by atoms with van der Waals surface area (Å²) in [6, 6.07) is 10.7. The second-order valence-electron chi connectivity index (χ2n) is 5.21. The van der Waals surface area contributed by atoms with Gasteiger partial charge in [0.1, 0.15) is 10.7 Å². The second kappa shape index (κ2) is 6.92. The van der Waals surface area contributed by atoms with Crippen molar-refractivity contribution in [3.8, 4) is 11.3 Å². The van der Waals surface area contributed by atoms with Gasteiger partial charge in [0.15, 0.2) is 0 Å². The average molecular weight is 414 g/mol. The summed E-state index contributed by atoms with van der Waals surface area (Å²) in [5, 5.41) is 1.19. The van der Waals surface area contributed by atoms with Crippen LogP contribution in [-0.4, -0.2) is 18.4 Å². The molecule has 0 atom stereocenters.